The van der Waals surface area contributed by atoms with Gasteiger partial charge in [0.1, 0.15) is 0 Å². The number of carbonyl (C=O) groups is 1. The highest BCUT2D eigenvalue weighted by Gasteiger charge is 2.27. The van der Waals surface area contributed by atoms with Crippen molar-refractivity contribution in [2.75, 3.05) is 19.3 Å². The van der Waals surface area contributed by atoms with Crippen molar-refractivity contribution in [3.05, 3.63) is 29.3 Å². The van der Waals surface area contributed by atoms with Crippen LogP contribution in [0.1, 0.15) is 15.9 Å². The third-order valence-electron chi connectivity index (χ3n) is 2.66. The Morgan fingerprint density at radius 2 is 1.95 bits per heavy atom. The van der Waals surface area contributed by atoms with Crippen LogP contribution in [0.5, 0.6) is 0 Å². The van der Waals surface area contributed by atoms with Gasteiger partial charge in [0.2, 0.25) is 0 Å². The minimum Gasteiger partial charge on any atom is -0.346 e. The van der Waals surface area contributed by atoms with Crippen LogP contribution >= 0.6 is 12.4 Å². The van der Waals surface area contributed by atoms with Crippen LogP contribution in [0.3, 0.4) is 0 Å². The van der Waals surface area contributed by atoms with Crippen LogP contribution in [-0.2, 0) is 9.84 Å². The molecule has 9 heteroatoms. The molecule has 0 fully saturated rings. The summed E-state index contributed by atoms with van der Waals surface area (Å²) in [5.41, 5.74) is 5.34. The molecular formula is C12H17ClF2N2O3S. The van der Waals surface area contributed by atoms with Crippen molar-refractivity contribution in [1.82, 2.24) is 5.32 Å². The Hall–Kier alpha value is -1.25. The molecule has 120 valence electrons. The number of nitrogens with one attached hydrogen (secondary N) is 1. The molecule has 0 aliphatic heterocycles. The summed E-state index contributed by atoms with van der Waals surface area (Å²) in [7, 11) is -3.49. The molecule has 1 aromatic carbocycles. The van der Waals surface area contributed by atoms with E-state index >= 15 is 0 Å². The van der Waals surface area contributed by atoms with E-state index in [0.29, 0.717) is 5.56 Å². The highest BCUT2D eigenvalue weighted by Crippen LogP contribution is 2.17. The van der Waals surface area contributed by atoms with Gasteiger partial charge in [-0.3, -0.25) is 4.79 Å². The average Bonchev–Trinajstić information content (AvgIpc) is 2.35. The van der Waals surface area contributed by atoms with E-state index in [2.05, 4.69) is 0 Å². The first kappa shape index (κ1) is 19.8. The number of alkyl halides is 2. The summed E-state index contributed by atoms with van der Waals surface area (Å²) in [6.07, 6.45) is 1.01. The van der Waals surface area contributed by atoms with Gasteiger partial charge in [0.05, 0.1) is 18.0 Å². The maximum atomic E-state index is 12.9. The van der Waals surface area contributed by atoms with Crippen LogP contribution in [0.15, 0.2) is 23.1 Å². The predicted molar refractivity (Wildman–Crippen MR) is 77.9 cm³/mol. The minimum absolute atomic E-state index is 0. The number of amides is 1. The second-order valence-corrected chi connectivity index (χ2v) is 6.48. The molecule has 0 atom stereocenters. The molecule has 1 amide bonds. The molecule has 0 saturated heterocycles. The van der Waals surface area contributed by atoms with E-state index in [1.54, 1.807) is 6.92 Å². The Bertz CT molecular complexity index is 621. The zero-order valence-corrected chi connectivity index (χ0v) is 13.2. The lowest BCUT2D eigenvalue weighted by molar-refractivity contribution is 0.0118. The average molecular weight is 343 g/mol. The van der Waals surface area contributed by atoms with Crippen molar-refractivity contribution in [3.63, 3.8) is 0 Å². The lowest BCUT2D eigenvalue weighted by atomic mass is 10.1. The van der Waals surface area contributed by atoms with Gasteiger partial charge in [-0.15, -0.1) is 12.4 Å². The van der Waals surface area contributed by atoms with E-state index in [1.165, 1.54) is 18.2 Å². The van der Waals surface area contributed by atoms with Gasteiger partial charge in [-0.1, -0.05) is 6.07 Å². The maximum Gasteiger partial charge on any atom is 0.277 e. The fourth-order valence-electron chi connectivity index (χ4n) is 1.52. The molecule has 21 heavy (non-hydrogen) atoms. The van der Waals surface area contributed by atoms with E-state index in [0.717, 1.165) is 6.26 Å². The number of benzene rings is 1. The molecule has 0 aromatic heterocycles. The second-order valence-electron chi connectivity index (χ2n) is 4.50. The fraction of sp³-hybridized carbons (Fsp3) is 0.417. The number of sulfone groups is 1. The number of halogens is 3. The van der Waals surface area contributed by atoms with Crippen molar-refractivity contribution in [1.29, 1.82) is 0 Å². The summed E-state index contributed by atoms with van der Waals surface area (Å²) in [4.78, 5) is 11.7. The largest absolute Gasteiger partial charge is 0.346 e. The Kier molecular flexibility index (Phi) is 6.72. The van der Waals surface area contributed by atoms with Crippen molar-refractivity contribution >= 4 is 28.2 Å². The van der Waals surface area contributed by atoms with Gasteiger partial charge in [-0.2, -0.15) is 0 Å². The first-order valence-electron chi connectivity index (χ1n) is 5.73. The third-order valence-corrected chi connectivity index (χ3v) is 3.89. The van der Waals surface area contributed by atoms with Crippen LogP contribution in [0.2, 0.25) is 0 Å². The van der Waals surface area contributed by atoms with E-state index in [-0.39, 0.29) is 22.9 Å². The van der Waals surface area contributed by atoms with Crippen molar-refractivity contribution in [2.45, 2.75) is 17.7 Å². The first-order chi connectivity index (χ1) is 9.07. The Labute approximate surface area is 128 Å². The van der Waals surface area contributed by atoms with Crippen molar-refractivity contribution < 1.29 is 22.0 Å². The van der Waals surface area contributed by atoms with Crippen LogP contribution < -0.4 is 11.1 Å². The highest BCUT2D eigenvalue weighted by molar-refractivity contribution is 7.90. The quantitative estimate of drug-likeness (QED) is 0.840. The number of nitrogens with two attached hydrogens (primary N) is 1. The van der Waals surface area contributed by atoms with E-state index in [9.17, 15) is 22.0 Å². The van der Waals surface area contributed by atoms with Crippen LogP contribution in [-0.4, -0.2) is 39.6 Å². The Balaban J connectivity index is 0.00000400. The summed E-state index contributed by atoms with van der Waals surface area (Å²) >= 11 is 0. The standard InChI is InChI=1S/C12H16F2N2O3S.ClH/c1-8-3-4-9(5-10(8)20(2,18)19)11(17)16-7-12(13,14)6-15;/h3-5H,6-7,15H2,1-2H3,(H,16,17);1H. The number of carbonyl (C=O) groups excluding carboxylic acids is 1. The van der Waals surface area contributed by atoms with Crippen molar-refractivity contribution in [2.24, 2.45) is 5.73 Å². The van der Waals surface area contributed by atoms with Gasteiger partial charge in [0.25, 0.3) is 11.8 Å². The van der Waals surface area contributed by atoms with Crippen LogP contribution in [0, 0.1) is 6.92 Å². The number of hydrogen-bond acceptors (Lipinski definition) is 4. The SMILES string of the molecule is Cc1ccc(C(=O)NCC(F)(F)CN)cc1S(C)(=O)=O.Cl. The van der Waals surface area contributed by atoms with Gasteiger partial charge in [0.15, 0.2) is 9.84 Å². The second kappa shape index (κ2) is 7.15. The normalized spacial score (nSPS) is 11.7. The summed E-state index contributed by atoms with van der Waals surface area (Å²) in [6, 6.07) is 3.99. The van der Waals surface area contributed by atoms with Crippen LogP contribution in [0.25, 0.3) is 0 Å². The maximum absolute atomic E-state index is 12.9. The van der Waals surface area contributed by atoms with E-state index in [4.69, 9.17) is 5.73 Å². The van der Waals surface area contributed by atoms with E-state index in [1.807, 2.05) is 5.32 Å². The van der Waals surface area contributed by atoms with Crippen LogP contribution in [0.4, 0.5) is 8.78 Å². The van der Waals surface area contributed by atoms with E-state index < -0.39 is 34.8 Å². The lowest BCUT2D eigenvalue weighted by Gasteiger charge is -2.15. The number of rotatable bonds is 5. The zero-order valence-electron chi connectivity index (χ0n) is 11.5. The van der Waals surface area contributed by atoms with Gasteiger partial charge in [-0.05, 0) is 24.6 Å². The Morgan fingerprint density at radius 1 is 1.38 bits per heavy atom. The minimum atomic E-state index is -3.49. The molecule has 0 bridgehead atoms. The smallest absolute Gasteiger partial charge is 0.277 e. The lowest BCUT2D eigenvalue weighted by Crippen LogP contribution is -2.41. The summed E-state index contributed by atoms with van der Waals surface area (Å²) in [5, 5.41) is 2.02. The molecule has 0 spiro atoms. The summed E-state index contributed by atoms with van der Waals surface area (Å²) in [6.45, 7) is -0.194. The topological polar surface area (TPSA) is 89.3 Å². The summed E-state index contributed by atoms with van der Waals surface area (Å²) in [5.74, 6) is -3.97. The number of hydrogen-bond donors (Lipinski definition) is 2. The molecule has 0 aliphatic carbocycles. The zero-order chi connectivity index (χ0) is 15.6. The van der Waals surface area contributed by atoms with Gasteiger partial charge in [0, 0.05) is 11.8 Å². The third kappa shape index (κ3) is 5.56. The highest BCUT2D eigenvalue weighted by atomic mass is 35.5. The molecule has 0 radical (unpaired) electrons. The monoisotopic (exact) mass is 342 g/mol. The van der Waals surface area contributed by atoms with Crippen molar-refractivity contribution in [3.8, 4) is 0 Å². The number of aryl methyl sites for hydroxylation is 1. The molecule has 5 nitrogen and oxygen atoms in total. The molecule has 0 unspecified atom stereocenters. The van der Waals surface area contributed by atoms with Gasteiger partial charge < -0.3 is 11.1 Å². The first-order valence-corrected chi connectivity index (χ1v) is 7.63. The Morgan fingerprint density at radius 3 is 2.43 bits per heavy atom. The molecule has 0 heterocycles. The molecule has 3 N–H and O–H groups in total. The van der Waals surface area contributed by atoms with Gasteiger partial charge >= 0.3 is 0 Å². The molecule has 1 rings (SSSR count). The predicted octanol–water partition coefficient (Wildman–Crippen LogP) is 1.14. The summed E-state index contributed by atoms with van der Waals surface area (Å²) < 4.78 is 48.9. The fourth-order valence-corrected chi connectivity index (χ4v) is 2.52. The molecular weight excluding hydrogens is 326 g/mol. The molecule has 1 aromatic rings. The molecule has 0 saturated carbocycles. The van der Waals surface area contributed by atoms with Gasteiger partial charge in [-0.25, -0.2) is 17.2 Å². The molecule has 0 aliphatic rings.